The Hall–Kier alpha value is -5.20. The van der Waals surface area contributed by atoms with Crippen LogP contribution in [-0.4, -0.2) is 22.1 Å². The van der Waals surface area contributed by atoms with E-state index in [9.17, 15) is 15.0 Å². The molecule has 6 aromatic carbocycles. The van der Waals surface area contributed by atoms with E-state index in [1.54, 1.807) is 12.1 Å². The fourth-order valence-corrected chi connectivity index (χ4v) is 5.03. The Morgan fingerprint density at radius 1 is 0.698 bits per heavy atom. The summed E-state index contributed by atoms with van der Waals surface area (Å²) >= 11 is 3.83. The SMILES string of the molecule is C=S.Cc1ccc(COc2ccc(COC(=O)c3cc4ccccc4c(-c4c(O)ccc5ccccc45)c3O)cc2)cc1. The average molecular weight is 587 g/mol. The summed E-state index contributed by atoms with van der Waals surface area (Å²) in [4.78, 5) is 13.3. The van der Waals surface area contributed by atoms with Crippen LogP contribution in [0.25, 0.3) is 32.7 Å². The van der Waals surface area contributed by atoms with Gasteiger partial charge in [0.15, 0.2) is 0 Å². The van der Waals surface area contributed by atoms with Gasteiger partial charge in [-0.1, -0.05) is 109 Å². The molecular formula is C37H30O5S. The highest BCUT2D eigenvalue weighted by atomic mass is 32.1. The fourth-order valence-electron chi connectivity index (χ4n) is 5.03. The number of aryl methyl sites for hydroxylation is 1. The quantitative estimate of drug-likeness (QED) is 0.144. The van der Waals surface area contributed by atoms with E-state index in [4.69, 9.17) is 9.47 Å². The summed E-state index contributed by atoms with van der Waals surface area (Å²) in [5.74, 6) is 2.67. The predicted octanol–water partition coefficient (Wildman–Crippen LogP) is 8.93. The molecule has 0 aliphatic heterocycles. The van der Waals surface area contributed by atoms with E-state index >= 15 is 0 Å². The number of thiocarbonyl (C=S) groups is 1. The Morgan fingerprint density at radius 2 is 1.28 bits per heavy atom. The Labute approximate surface area is 255 Å². The molecule has 0 saturated heterocycles. The molecule has 214 valence electrons. The van der Waals surface area contributed by atoms with Crippen LogP contribution in [0.5, 0.6) is 17.2 Å². The maximum Gasteiger partial charge on any atom is 0.342 e. The van der Waals surface area contributed by atoms with Gasteiger partial charge < -0.3 is 19.7 Å². The van der Waals surface area contributed by atoms with E-state index in [0.29, 0.717) is 23.5 Å². The zero-order valence-corrected chi connectivity index (χ0v) is 24.4. The number of rotatable bonds is 7. The first kappa shape index (κ1) is 29.3. The van der Waals surface area contributed by atoms with Crippen LogP contribution >= 0.6 is 12.2 Å². The van der Waals surface area contributed by atoms with Crippen molar-refractivity contribution in [1.82, 2.24) is 0 Å². The molecule has 5 nitrogen and oxygen atoms in total. The maximum absolute atomic E-state index is 13.3. The van der Waals surface area contributed by atoms with Crippen molar-refractivity contribution < 1.29 is 24.5 Å². The third-order valence-corrected chi connectivity index (χ3v) is 7.22. The van der Waals surface area contributed by atoms with Crippen LogP contribution in [0.3, 0.4) is 0 Å². The molecule has 43 heavy (non-hydrogen) atoms. The van der Waals surface area contributed by atoms with Crippen molar-refractivity contribution in [3.8, 4) is 28.4 Å². The first-order chi connectivity index (χ1) is 21.0. The van der Waals surface area contributed by atoms with Crippen molar-refractivity contribution in [2.45, 2.75) is 20.1 Å². The lowest BCUT2D eigenvalue weighted by Crippen LogP contribution is -2.06. The molecule has 2 N–H and O–H groups in total. The van der Waals surface area contributed by atoms with Gasteiger partial charge >= 0.3 is 5.97 Å². The largest absolute Gasteiger partial charge is 0.507 e. The fraction of sp³-hybridized carbons (Fsp3) is 0.0811. The number of ether oxygens (including phenoxy) is 2. The first-order valence-electron chi connectivity index (χ1n) is 13.7. The maximum atomic E-state index is 13.3. The van der Waals surface area contributed by atoms with E-state index in [0.717, 1.165) is 32.7 Å². The minimum Gasteiger partial charge on any atom is -0.507 e. The summed E-state index contributed by atoms with van der Waals surface area (Å²) in [5.41, 5.74) is 3.96. The van der Waals surface area contributed by atoms with Gasteiger partial charge in [0.1, 0.15) is 36.0 Å². The minimum absolute atomic E-state index is 0.0133. The molecule has 0 bridgehead atoms. The van der Waals surface area contributed by atoms with E-state index in [2.05, 4.69) is 30.2 Å². The van der Waals surface area contributed by atoms with Crippen molar-refractivity contribution in [3.05, 3.63) is 138 Å². The van der Waals surface area contributed by atoms with Gasteiger partial charge in [-0.15, -0.1) is 0 Å². The van der Waals surface area contributed by atoms with Gasteiger partial charge in [0.25, 0.3) is 0 Å². The number of phenolic OH excluding ortho intramolecular Hbond substituents is 2. The van der Waals surface area contributed by atoms with Crippen LogP contribution < -0.4 is 4.74 Å². The second kappa shape index (κ2) is 13.2. The molecular weight excluding hydrogens is 556 g/mol. The number of carbonyl (C=O) groups is 1. The smallest absolute Gasteiger partial charge is 0.342 e. The lowest BCUT2D eigenvalue weighted by Gasteiger charge is -2.17. The first-order valence-corrected chi connectivity index (χ1v) is 14.2. The highest BCUT2D eigenvalue weighted by Gasteiger charge is 2.23. The third kappa shape index (κ3) is 6.35. The van der Waals surface area contributed by atoms with Gasteiger partial charge in [0.2, 0.25) is 0 Å². The number of hydrogen-bond acceptors (Lipinski definition) is 6. The average Bonchev–Trinajstić information content (AvgIpc) is 3.05. The van der Waals surface area contributed by atoms with Crippen molar-refractivity contribution in [2.24, 2.45) is 0 Å². The number of fused-ring (bicyclic) bond motifs is 2. The zero-order valence-electron chi connectivity index (χ0n) is 23.6. The number of esters is 1. The molecule has 0 atom stereocenters. The van der Waals surface area contributed by atoms with Crippen LogP contribution in [0, 0.1) is 6.92 Å². The van der Waals surface area contributed by atoms with Crippen LogP contribution in [0.4, 0.5) is 0 Å². The molecule has 0 fully saturated rings. The second-order valence-electron chi connectivity index (χ2n) is 10.0. The molecule has 0 unspecified atom stereocenters. The Balaban J connectivity index is 0.00000180. The number of carbonyl (C=O) groups excluding carboxylic acids is 1. The normalized spacial score (nSPS) is 10.6. The molecule has 6 heteroatoms. The summed E-state index contributed by atoms with van der Waals surface area (Å²) in [7, 11) is 0. The number of phenols is 2. The predicted molar refractivity (Wildman–Crippen MR) is 176 cm³/mol. The molecule has 0 amide bonds. The van der Waals surface area contributed by atoms with Crippen LogP contribution in [-0.2, 0) is 18.0 Å². The highest BCUT2D eigenvalue weighted by molar-refractivity contribution is 7.77. The van der Waals surface area contributed by atoms with Gasteiger partial charge in [-0.2, -0.15) is 0 Å². The molecule has 0 aliphatic rings. The molecule has 0 aromatic heterocycles. The van der Waals surface area contributed by atoms with Crippen molar-refractivity contribution in [1.29, 1.82) is 0 Å². The summed E-state index contributed by atoms with van der Waals surface area (Å²) < 4.78 is 11.5. The number of aromatic hydroxyl groups is 2. The van der Waals surface area contributed by atoms with Crippen molar-refractivity contribution in [2.75, 3.05) is 0 Å². The van der Waals surface area contributed by atoms with Gasteiger partial charge in [-0.05, 0) is 69.7 Å². The summed E-state index contributed by atoms with van der Waals surface area (Å²) in [6.45, 7) is 2.54. The van der Waals surface area contributed by atoms with Gasteiger partial charge in [0, 0.05) is 11.1 Å². The van der Waals surface area contributed by atoms with E-state index < -0.39 is 5.97 Å². The van der Waals surface area contributed by atoms with E-state index in [1.807, 2.05) is 97.9 Å². The monoisotopic (exact) mass is 586 g/mol. The summed E-state index contributed by atoms with van der Waals surface area (Å²) in [6.07, 6.45) is 0. The van der Waals surface area contributed by atoms with E-state index in [-0.39, 0.29) is 23.7 Å². The Bertz CT molecular complexity index is 1900. The standard InChI is InChI=1S/C36H28O5.CH2S/c1-23-10-12-24(13-11-23)21-40-28-17-14-25(15-18-28)22-41-36(39)31-20-27-7-3-5-9-30(27)34(35(31)38)33-29-8-4-2-6-26(29)16-19-32(33)37;1-2/h2-20,37-38H,21-22H2,1H3;1H2. The highest BCUT2D eigenvalue weighted by Crippen LogP contribution is 2.46. The molecule has 0 radical (unpaired) electrons. The summed E-state index contributed by atoms with van der Waals surface area (Å²) in [6, 6.07) is 35.7. The lowest BCUT2D eigenvalue weighted by atomic mass is 9.90. The molecule has 0 saturated carbocycles. The van der Waals surface area contributed by atoms with Crippen molar-refractivity contribution >= 4 is 45.6 Å². The van der Waals surface area contributed by atoms with Crippen LogP contribution in [0.2, 0.25) is 0 Å². The van der Waals surface area contributed by atoms with E-state index in [1.165, 1.54) is 5.56 Å². The number of hydrogen-bond donors (Lipinski definition) is 2. The number of benzene rings is 6. The minimum atomic E-state index is -0.658. The molecule has 6 rings (SSSR count). The van der Waals surface area contributed by atoms with Gasteiger partial charge in [-0.25, -0.2) is 4.79 Å². The van der Waals surface area contributed by atoms with Crippen molar-refractivity contribution in [3.63, 3.8) is 0 Å². The van der Waals surface area contributed by atoms with Gasteiger partial charge in [0.05, 0.1) is 0 Å². The summed E-state index contributed by atoms with van der Waals surface area (Å²) in [5, 5.41) is 25.5. The Morgan fingerprint density at radius 3 is 1.98 bits per heavy atom. The molecule has 0 heterocycles. The van der Waals surface area contributed by atoms with Crippen LogP contribution in [0.15, 0.2) is 115 Å². The third-order valence-electron chi connectivity index (χ3n) is 7.22. The molecule has 0 spiro atoms. The Kier molecular flexibility index (Phi) is 8.99. The van der Waals surface area contributed by atoms with Gasteiger partial charge in [-0.3, -0.25) is 0 Å². The molecule has 0 aliphatic carbocycles. The topological polar surface area (TPSA) is 76.0 Å². The second-order valence-corrected chi connectivity index (χ2v) is 10.0. The molecule has 6 aromatic rings. The van der Waals surface area contributed by atoms with Crippen LogP contribution in [0.1, 0.15) is 27.0 Å². The lowest BCUT2D eigenvalue weighted by molar-refractivity contribution is 0.0469. The zero-order chi connectivity index (χ0) is 30.3.